The molecule has 0 aromatic heterocycles. The van der Waals surface area contributed by atoms with Crippen molar-refractivity contribution < 1.29 is 4.79 Å². The number of fused-ring (bicyclic) bond motifs is 1. The van der Waals surface area contributed by atoms with E-state index in [0.29, 0.717) is 5.92 Å². The molecule has 0 saturated heterocycles. The van der Waals surface area contributed by atoms with E-state index in [2.05, 4.69) is 13.0 Å². The molecule has 1 atom stereocenters. The molecule has 22 heavy (non-hydrogen) atoms. The fourth-order valence-electron chi connectivity index (χ4n) is 2.66. The fourth-order valence-corrected chi connectivity index (χ4v) is 2.66. The Kier molecular flexibility index (Phi) is 5.21. The smallest absolute Gasteiger partial charge is 0.223 e. The minimum atomic E-state index is 0.143. The zero-order chi connectivity index (χ0) is 16.1. The Morgan fingerprint density at radius 3 is 2.36 bits per heavy atom. The van der Waals surface area contributed by atoms with Gasteiger partial charge in [0, 0.05) is 24.8 Å². The van der Waals surface area contributed by atoms with Crippen molar-refractivity contribution in [3.05, 3.63) is 59.7 Å². The molecule has 2 aromatic carbocycles. The van der Waals surface area contributed by atoms with Crippen LogP contribution in [-0.2, 0) is 11.2 Å². The second-order valence-electron chi connectivity index (χ2n) is 5.98. The van der Waals surface area contributed by atoms with E-state index in [1.54, 1.807) is 6.92 Å². The highest BCUT2D eigenvalue weighted by atomic mass is 16.2. The SMILES string of the molecule is CC(=O)N1C[C@H](C)Cc2ccccc21.Cc1ccc(N)cc1. The summed E-state index contributed by atoms with van der Waals surface area (Å²) in [6.45, 7) is 6.71. The van der Waals surface area contributed by atoms with Crippen LogP contribution < -0.4 is 10.6 Å². The van der Waals surface area contributed by atoms with Crippen LogP contribution in [0.15, 0.2) is 48.5 Å². The standard InChI is InChI=1S/C12H15NO.C7H9N/c1-9-7-11-5-3-4-6-12(11)13(8-9)10(2)14;1-6-2-4-7(8)5-3-6/h3-6,9H,7-8H2,1-2H3;2-5H,8H2,1H3/t9-;/m1./s1. The normalized spacial score (nSPS) is 16.3. The number of aryl methyl sites for hydroxylation is 1. The van der Waals surface area contributed by atoms with Crippen molar-refractivity contribution in [1.29, 1.82) is 0 Å². The number of nitrogens with two attached hydrogens (primary N) is 1. The van der Waals surface area contributed by atoms with Crippen molar-refractivity contribution in [2.45, 2.75) is 27.2 Å². The summed E-state index contributed by atoms with van der Waals surface area (Å²) in [5.74, 6) is 0.706. The van der Waals surface area contributed by atoms with Crippen LogP contribution in [0.5, 0.6) is 0 Å². The molecule has 0 spiro atoms. The van der Waals surface area contributed by atoms with Gasteiger partial charge in [0.2, 0.25) is 5.91 Å². The van der Waals surface area contributed by atoms with Gasteiger partial charge in [-0.25, -0.2) is 0 Å². The van der Waals surface area contributed by atoms with Crippen molar-refractivity contribution in [3.8, 4) is 0 Å². The zero-order valence-corrected chi connectivity index (χ0v) is 13.5. The maximum Gasteiger partial charge on any atom is 0.223 e. The largest absolute Gasteiger partial charge is 0.399 e. The predicted molar refractivity (Wildman–Crippen MR) is 92.9 cm³/mol. The van der Waals surface area contributed by atoms with Crippen LogP contribution in [-0.4, -0.2) is 12.5 Å². The Bertz CT molecular complexity index is 613. The Morgan fingerprint density at radius 2 is 1.77 bits per heavy atom. The van der Waals surface area contributed by atoms with Crippen molar-refractivity contribution >= 4 is 17.3 Å². The minimum absolute atomic E-state index is 0.143. The molecule has 1 amide bonds. The van der Waals surface area contributed by atoms with Gasteiger partial charge in [0.15, 0.2) is 0 Å². The monoisotopic (exact) mass is 296 g/mol. The molecule has 2 N–H and O–H groups in total. The number of para-hydroxylation sites is 1. The van der Waals surface area contributed by atoms with E-state index in [1.807, 2.05) is 54.3 Å². The highest BCUT2D eigenvalue weighted by Crippen LogP contribution is 2.29. The molecular weight excluding hydrogens is 272 g/mol. The van der Waals surface area contributed by atoms with Gasteiger partial charge in [-0.15, -0.1) is 0 Å². The van der Waals surface area contributed by atoms with Gasteiger partial charge in [0.25, 0.3) is 0 Å². The Hall–Kier alpha value is -2.29. The number of nitrogens with zero attached hydrogens (tertiary/aromatic N) is 1. The lowest BCUT2D eigenvalue weighted by atomic mass is 9.94. The topological polar surface area (TPSA) is 46.3 Å². The summed E-state index contributed by atoms with van der Waals surface area (Å²) < 4.78 is 0. The Morgan fingerprint density at radius 1 is 1.14 bits per heavy atom. The number of hydrogen-bond acceptors (Lipinski definition) is 2. The van der Waals surface area contributed by atoms with E-state index in [1.165, 1.54) is 11.1 Å². The van der Waals surface area contributed by atoms with Gasteiger partial charge >= 0.3 is 0 Å². The number of nitrogen functional groups attached to an aromatic ring is 1. The van der Waals surface area contributed by atoms with E-state index >= 15 is 0 Å². The average molecular weight is 296 g/mol. The van der Waals surface area contributed by atoms with Crippen LogP contribution >= 0.6 is 0 Å². The third-order valence-electron chi connectivity index (χ3n) is 3.80. The summed E-state index contributed by atoms with van der Waals surface area (Å²) in [6.07, 6.45) is 1.08. The molecule has 0 unspecified atom stereocenters. The van der Waals surface area contributed by atoms with E-state index < -0.39 is 0 Å². The van der Waals surface area contributed by atoms with Gasteiger partial charge in [-0.1, -0.05) is 42.8 Å². The van der Waals surface area contributed by atoms with Gasteiger partial charge in [0.1, 0.15) is 0 Å². The molecule has 1 aliphatic heterocycles. The fraction of sp³-hybridized carbons (Fsp3) is 0.316. The van der Waals surface area contributed by atoms with Gasteiger partial charge in [-0.3, -0.25) is 4.79 Å². The third kappa shape index (κ3) is 4.10. The van der Waals surface area contributed by atoms with E-state index in [-0.39, 0.29) is 5.91 Å². The Labute approximate surface area is 132 Å². The lowest BCUT2D eigenvalue weighted by molar-refractivity contribution is -0.116. The van der Waals surface area contributed by atoms with Crippen molar-refractivity contribution in [1.82, 2.24) is 0 Å². The molecule has 3 heteroatoms. The van der Waals surface area contributed by atoms with Gasteiger partial charge in [-0.2, -0.15) is 0 Å². The number of carbonyl (C=O) groups is 1. The van der Waals surface area contributed by atoms with Crippen molar-refractivity contribution in [2.24, 2.45) is 5.92 Å². The van der Waals surface area contributed by atoms with Crippen LogP contribution in [0.2, 0.25) is 0 Å². The second kappa shape index (κ2) is 7.12. The molecule has 0 fully saturated rings. The summed E-state index contributed by atoms with van der Waals surface area (Å²) in [4.78, 5) is 13.3. The summed E-state index contributed by atoms with van der Waals surface area (Å²) >= 11 is 0. The number of amides is 1. The maximum atomic E-state index is 11.4. The van der Waals surface area contributed by atoms with E-state index in [4.69, 9.17) is 5.73 Å². The highest BCUT2D eigenvalue weighted by molar-refractivity contribution is 5.92. The molecule has 1 aliphatic rings. The maximum absolute atomic E-state index is 11.4. The first kappa shape index (κ1) is 16.1. The lowest BCUT2D eigenvalue weighted by Gasteiger charge is -2.32. The Balaban J connectivity index is 0.000000188. The molecule has 3 rings (SSSR count). The summed E-state index contributed by atoms with van der Waals surface area (Å²) in [7, 11) is 0. The van der Waals surface area contributed by atoms with Gasteiger partial charge in [-0.05, 0) is 43.0 Å². The minimum Gasteiger partial charge on any atom is -0.399 e. The number of rotatable bonds is 0. The first-order valence-corrected chi connectivity index (χ1v) is 7.65. The molecule has 2 aromatic rings. The summed E-state index contributed by atoms with van der Waals surface area (Å²) in [5, 5.41) is 0. The lowest BCUT2D eigenvalue weighted by Crippen LogP contribution is -2.37. The molecule has 3 nitrogen and oxygen atoms in total. The van der Waals surface area contributed by atoms with Crippen LogP contribution in [0.4, 0.5) is 11.4 Å². The van der Waals surface area contributed by atoms with Crippen LogP contribution in [0.25, 0.3) is 0 Å². The molecule has 0 saturated carbocycles. The number of anilines is 2. The predicted octanol–water partition coefficient (Wildman–Crippen LogP) is 3.81. The molecular formula is C19H24N2O. The van der Waals surface area contributed by atoms with Crippen molar-refractivity contribution in [3.63, 3.8) is 0 Å². The van der Waals surface area contributed by atoms with Crippen LogP contribution in [0.1, 0.15) is 25.0 Å². The molecule has 0 aliphatic carbocycles. The average Bonchev–Trinajstić information content (AvgIpc) is 2.50. The molecule has 0 bridgehead atoms. The molecule has 116 valence electrons. The van der Waals surface area contributed by atoms with Crippen LogP contribution in [0, 0.1) is 12.8 Å². The number of carbonyl (C=O) groups excluding carboxylic acids is 1. The van der Waals surface area contributed by atoms with Gasteiger partial charge in [0.05, 0.1) is 0 Å². The second-order valence-corrected chi connectivity index (χ2v) is 5.98. The van der Waals surface area contributed by atoms with Crippen LogP contribution in [0.3, 0.4) is 0 Å². The summed E-state index contributed by atoms with van der Waals surface area (Å²) in [5.41, 5.74) is 9.89. The number of benzene rings is 2. The highest BCUT2D eigenvalue weighted by Gasteiger charge is 2.23. The zero-order valence-electron chi connectivity index (χ0n) is 13.5. The third-order valence-corrected chi connectivity index (χ3v) is 3.80. The first-order chi connectivity index (χ1) is 10.5. The molecule has 1 heterocycles. The summed E-state index contributed by atoms with van der Waals surface area (Å²) in [6, 6.07) is 16.0. The molecule has 0 radical (unpaired) electrons. The number of hydrogen-bond donors (Lipinski definition) is 1. The quantitative estimate of drug-likeness (QED) is 0.751. The van der Waals surface area contributed by atoms with Gasteiger partial charge < -0.3 is 10.6 Å². The first-order valence-electron chi connectivity index (χ1n) is 7.65. The van der Waals surface area contributed by atoms with Crippen molar-refractivity contribution in [2.75, 3.05) is 17.2 Å². The van der Waals surface area contributed by atoms with E-state index in [0.717, 1.165) is 24.3 Å². The van der Waals surface area contributed by atoms with E-state index in [9.17, 15) is 4.79 Å².